The van der Waals surface area contributed by atoms with Crippen molar-refractivity contribution in [3.05, 3.63) is 47.3 Å². The average molecular weight is 244 g/mol. The highest BCUT2D eigenvalue weighted by Crippen LogP contribution is 2.12. The van der Waals surface area contributed by atoms with Crippen LogP contribution in [0, 0.1) is 0 Å². The first-order valence-electron chi connectivity index (χ1n) is 6.08. The zero-order chi connectivity index (χ0) is 13.0. The summed E-state index contributed by atoms with van der Waals surface area (Å²) in [5.41, 5.74) is 2.31. The molecule has 0 atom stereocenters. The molecular formula is C14H16N2O2. The van der Waals surface area contributed by atoms with Crippen molar-refractivity contribution >= 4 is 11.6 Å². The molecule has 1 aromatic carbocycles. The largest absolute Gasteiger partial charge is 0.361 e. The van der Waals surface area contributed by atoms with E-state index in [1.54, 1.807) is 6.07 Å². The quantitative estimate of drug-likeness (QED) is 0.899. The van der Waals surface area contributed by atoms with Gasteiger partial charge < -0.3 is 9.84 Å². The molecule has 0 fully saturated rings. The van der Waals surface area contributed by atoms with Crippen LogP contribution in [0.4, 0.5) is 5.69 Å². The molecule has 0 saturated carbocycles. The van der Waals surface area contributed by atoms with Crippen molar-refractivity contribution in [2.45, 2.75) is 26.7 Å². The van der Waals surface area contributed by atoms with E-state index in [9.17, 15) is 4.79 Å². The van der Waals surface area contributed by atoms with Crippen molar-refractivity contribution in [2.24, 2.45) is 0 Å². The van der Waals surface area contributed by atoms with Crippen molar-refractivity contribution in [2.75, 3.05) is 5.32 Å². The number of rotatable bonds is 4. The number of hydrogen-bond donors (Lipinski definition) is 1. The van der Waals surface area contributed by atoms with Crippen LogP contribution in [0.1, 0.15) is 35.7 Å². The van der Waals surface area contributed by atoms with Gasteiger partial charge in [-0.05, 0) is 24.1 Å². The van der Waals surface area contributed by atoms with Crippen molar-refractivity contribution in [3.63, 3.8) is 0 Å². The molecule has 0 spiro atoms. The highest BCUT2D eigenvalue weighted by molar-refractivity contribution is 6.02. The molecule has 1 aromatic heterocycles. The number of aryl methyl sites for hydroxylation is 2. The third-order valence-electron chi connectivity index (χ3n) is 2.76. The van der Waals surface area contributed by atoms with Crippen molar-refractivity contribution in [3.8, 4) is 0 Å². The van der Waals surface area contributed by atoms with Gasteiger partial charge in [0.25, 0.3) is 5.91 Å². The number of carbonyl (C=O) groups is 1. The predicted molar refractivity (Wildman–Crippen MR) is 69.7 cm³/mol. The van der Waals surface area contributed by atoms with Gasteiger partial charge in [-0.25, -0.2) is 0 Å². The Kier molecular flexibility index (Phi) is 3.77. The first-order valence-corrected chi connectivity index (χ1v) is 6.08. The summed E-state index contributed by atoms with van der Waals surface area (Å²) < 4.78 is 5.00. The van der Waals surface area contributed by atoms with Gasteiger partial charge in [-0.3, -0.25) is 4.79 Å². The molecule has 0 saturated heterocycles. The zero-order valence-corrected chi connectivity index (χ0v) is 10.6. The molecule has 1 heterocycles. The minimum Gasteiger partial charge on any atom is -0.361 e. The van der Waals surface area contributed by atoms with Crippen LogP contribution in [0.25, 0.3) is 0 Å². The van der Waals surface area contributed by atoms with Crippen LogP contribution in [0.2, 0.25) is 0 Å². The summed E-state index contributed by atoms with van der Waals surface area (Å²) in [4.78, 5) is 11.9. The number of carbonyl (C=O) groups excluding carboxylic acids is 1. The molecule has 0 unspecified atom stereocenters. The Balaban J connectivity index is 2.06. The van der Waals surface area contributed by atoms with Crippen molar-refractivity contribution < 1.29 is 9.32 Å². The van der Waals surface area contributed by atoms with Gasteiger partial charge in [-0.2, -0.15) is 0 Å². The first-order chi connectivity index (χ1) is 8.72. The second-order valence-corrected chi connectivity index (χ2v) is 4.04. The van der Waals surface area contributed by atoms with E-state index in [4.69, 9.17) is 4.52 Å². The van der Waals surface area contributed by atoms with Gasteiger partial charge in [0.2, 0.25) is 0 Å². The fourth-order valence-electron chi connectivity index (χ4n) is 1.61. The van der Waals surface area contributed by atoms with Crippen LogP contribution in [0.3, 0.4) is 0 Å². The average Bonchev–Trinajstić information content (AvgIpc) is 2.88. The summed E-state index contributed by atoms with van der Waals surface area (Å²) in [6.07, 6.45) is 1.71. The Bertz CT molecular complexity index is 529. The smallest absolute Gasteiger partial charge is 0.277 e. The molecule has 94 valence electrons. The second kappa shape index (κ2) is 5.49. The standard InChI is InChI=1S/C14H16N2O2/c1-3-10-5-7-11(8-6-10)15-14(17)13-9-12(4-2)18-16-13/h5-9H,3-4H2,1-2H3,(H,15,17). The van der Waals surface area contributed by atoms with Crippen LogP contribution in [-0.2, 0) is 12.8 Å². The minimum atomic E-state index is -0.248. The van der Waals surface area contributed by atoms with Gasteiger partial charge in [0, 0.05) is 18.2 Å². The summed E-state index contributed by atoms with van der Waals surface area (Å²) in [5.74, 6) is 0.462. The Morgan fingerprint density at radius 3 is 2.50 bits per heavy atom. The number of benzene rings is 1. The Morgan fingerprint density at radius 2 is 1.94 bits per heavy atom. The highest BCUT2D eigenvalue weighted by Gasteiger charge is 2.11. The molecule has 4 nitrogen and oxygen atoms in total. The monoisotopic (exact) mass is 244 g/mol. The van der Waals surface area contributed by atoms with Gasteiger partial charge >= 0.3 is 0 Å². The second-order valence-electron chi connectivity index (χ2n) is 4.04. The molecular weight excluding hydrogens is 228 g/mol. The topological polar surface area (TPSA) is 55.1 Å². The van der Waals surface area contributed by atoms with E-state index in [0.717, 1.165) is 18.5 Å². The maximum Gasteiger partial charge on any atom is 0.277 e. The van der Waals surface area contributed by atoms with E-state index in [2.05, 4.69) is 17.4 Å². The Hall–Kier alpha value is -2.10. The van der Waals surface area contributed by atoms with Gasteiger partial charge in [0.05, 0.1) is 0 Å². The summed E-state index contributed by atoms with van der Waals surface area (Å²) in [6, 6.07) is 9.43. The molecule has 2 aromatic rings. The Morgan fingerprint density at radius 1 is 1.22 bits per heavy atom. The maximum atomic E-state index is 11.9. The highest BCUT2D eigenvalue weighted by atomic mass is 16.5. The molecule has 0 radical (unpaired) electrons. The SMILES string of the molecule is CCc1ccc(NC(=O)c2cc(CC)on2)cc1. The van der Waals surface area contributed by atoms with Gasteiger partial charge in [-0.1, -0.05) is 31.1 Å². The van der Waals surface area contributed by atoms with Gasteiger partial charge in [0.15, 0.2) is 5.69 Å². The number of amides is 1. The molecule has 4 heteroatoms. The van der Waals surface area contributed by atoms with Gasteiger partial charge in [0.1, 0.15) is 5.76 Å². The fraction of sp³-hybridized carbons (Fsp3) is 0.286. The van der Waals surface area contributed by atoms with E-state index in [1.165, 1.54) is 5.56 Å². The number of hydrogen-bond acceptors (Lipinski definition) is 3. The summed E-state index contributed by atoms with van der Waals surface area (Å²) >= 11 is 0. The molecule has 1 N–H and O–H groups in total. The van der Waals surface area contributed by atoms with E-state index < -0.39 is 0 Å². The van der Waals surface area contributed by atoms with Crippen LogP contribution >= 0.6 is 0 Å². The summed E-state index contributed by atoms with van der Waals surface area (Å²) in [5, 5.41) is 6.52. The Labute approximate surface area is 106 Å². The number of anilines is 1. The molecule has 0 aliphatic rings. The lowest BCUT2D eigenvalue weighted by Crippen LogP contribution is -2.12. The lowest BCUT2D eigenvalue weighted by Gasteiger charge is -2.03. The van der Waals surface area contributed by atoms with Crippen LogP contribution in [-0.4, -0.2) is 11.1 Å². The number of nitrogens with one attached hydrogen (secondary N) is 1. The van der Waals surface area contributed by atoms with E-state index in [1.807, 2.05) is 31.2 Å². The van der Waals surface area contributed by atoms with Crippen molar-refractivity contribution in [1.29, 1.82) is 0 Å². The van der Waals surface area contributed by atoms with E-state index in [0.29, 0.717) is 11.5 Å². The minimum absolute atomic E-state index is 0.248. The van der Waals surface area contributed by atoms with Crippen LogP contribution in [0.5, 0.6) is 0 Å². The summed E-state index contributed by atoms with van der Waals surface area (Å²) in [7, 11) is 0. The van der Waals surface area contributed by atoms with Crippen molar-refractivity contribution in [1.82, 2.24) is 5.16 Å². The lowest BCUT2D eigenvalue weighted by atomic mass is 10.1. The number of aromatic nitrogens is 1. The zero-order valence-electron chi connectivity index (χ0n) is 10.6. The molecule has 0 aliphatic carbocycles. The normalized spacial score (nSPS) is 10.3. The molecule has 0 aliphatic heterocycles. The third kappa shape index (κ3) is 2.77. The first kappa shape index (κ1) is 12.4. The van der Waals surface area contributed by atoms with E-state index in [-0.39, 0.29) is 5.91 Å². The van der Waals surface area contributed by atoms with Gasteiger partial charge in [-0.15, -0.1) is 0 Å². The molecule has 18 heavy (non-hydrogen) atoms. The molecule has 0 bridgehead atoms. The van der Waals surface area contributed by atoms with E-state index >= 15 is 0 Å². The maximum absolute atomic E-state index is 11.9. The third-order valence-corrected chi connectivity index (χ3v) is 2.76. The fourth-order valence-corrected chi connectivity index (χ4v) is 1.61. The predicted octanol–water partition coefficient (Wildman–Crippen LogP) is 3.05. The molecule has 1 amide bonds. The number of nitrogens with zero attached hydrogens (tertiary/aromatic N) is 1. The van der Waals surface area contributed by atoms with Crippen LogP contribution in [0.15, 0.2) is 34.9 Å². The summed E-state index contributed by atoms with van der Waals surface area (Å²) in [6.45, 7) is 4.04. The molecule has 2 rings (SSSR count). The lowest BCUT2D eigenvalue weighted by molar-refractivity contribution is 0.101. The van der Waals surface area contributed by atoms with Crippen LogP contribution < -0.4 is 5.32 Å².